The molecule has 10 heteroatoms. The third-order valence-electron chi connectivity index (χ3n) is 5.23. The van der Waals surface area contributed by atoms with Crippen molar-refractivity contribution in [1.29, 1.82) is 0 Å². The number of aromatic nitrogens is 4. The largest absolute Gasteiger partial charge is 0.496 e. The van der Waals surface area contributed by atoms with Crippen LogP contribution in [0, 0.1) is 0 Å². The molecule has 0 atom stereocenters. The van der Waals surface area contributed by atoms with E-state index in [-0.39, 0.29) is 5.52 Å². The highest BCUT2D eigenvalue weighted by Gasteiger charge is 2.13. The Balaban J connectivity index is 1.49. The van der Waals surface area contributed by atoms with E-state index in [9.17, 15) is 9.59 Å². The first kappa shape index (κ1) is 22.0. The van der Waals surface area contributed by atoms with Crippen LogP contribution >= 0.6 is 23.4 Å². The number of benzene rings is 2. The van der Waals surface area contributed by atoms with E-state index >= 15 is 0 Å². The second-order valence-corrected chi connectivity index (χ2v) is 8.82. The Labute approximate surface area is 202 Å². The number of nitrogens with zero attached hydrogens (tertiary/aromatic N) is 3. The summed E-state index contributed by atoms with van der Waals surface area (Å²) < 4.78 is 6.27. The van der Waals surface area contributed by atoms with E-state index in [0.717, 1.165) is 21.0 Å². The third-order valence-corrected chi connectivity index (χ3v) is 6.46. The molecule has 170 valence electrons. The van der Waals surface area contributed by atoms with Gasteiger partial charge in [0.05, 0.1) is 23.9 Å². The summed E-state index contributed by atoms with van der Waals surface area (Å²) in [7, 11) is 1.61. The lowest BCUT2D eigenvalue weighted by atomic mass is 10.1. The maximum absolute atomic E-state index is 13.0. The van der Waals surface area contributed by atoms with Crippen molar-refractivity contribution in [3.05, 3.63) is 97.8 Å². The minimum atomic E-state index is -0.644. The van der Waals surface area contributed by atoms with Crippen molar-refractivity contribution in [3.8, 4) is 5.75 Å². The molecular weight excluding hydrogens is 474 g/mol. The molecule has 5 rings (SSSR count). The van der Waals surface area contributed by atoms with E-state index in [1.54, 1.807) is 49.3 Å². The number of hydrogen-bond acceptors (Lipinski definition) is 6. The standard InChI is InChI=1S/C24H18ClN5O3S/c1-33-19-8-5-14(10-15(19)13-34-20-4-2-3-9-26-20)12-27-30-23(31)22-21(29-24(30)32)17-11-16(25)6-7-18(17)28-22/h2-12,28H,13H2,1H3,(H,29,32)/b27-12+. The highest BCUT2D eigenvalue weighted by atomic mass is 35.5. The van der Waals surface area contributed by atoms with Gasteiger partial charge in [-0.1, -0.05) is 17.7 Å². The minimum Gasteiger partial charge on any atom is -0.496 e. The molecular formula is C24H18ClN5O3S. The Morgan fingerprint density at radius 2 is 2.00 bits per heavy atom. The van der Waals surface area contributed by atoms with Crippen LogP contribution in [0.4, 0.5) is 0 Å². The number of rotatable bonds is 6. The van der Waals surface area contributed by atoms with Crippen LogP contribution in [0.2, 0.25) is 5.02 Å². The van der Waals surface area contributed by atoms with Crippen LogP contribution in [0.25, 0.3) is 21.9 Å². The maximum atomic E-state index is 13.0. The number of methoxy groups -OCH3 is 1. The SMILES string of the molecule is COc1ccc(/C=N/n2c(=O)[nH]c3c([nH]c4ccc(Cl)cc43)c2=O)cc1CSc1ccccn1. The highest BCUT2D eigenvalue weighted by Crippen LogP contribution is 2.27. The zero-order chi connectivity index (χ0) is 23.7. The van der Waals surface area contributed by atoms with Gasteiger partial charge in [-0.2, -0.15) is 5.10 Å². The Kier molecular flexibility index (Phi) is 5.95. The zero-order valence-corrected chi connectivity index (χ0v) is 19.5. The molecule has 0 aliphatic heterocycles. The van der Waals surface area contributed by atoms with E-state index in [0.29, 0.717) is 32.8 Å². The Hall–Kier alpha value is -3.82. The summed E-state index contributed by atoms with van der Waals surface area (Å²) in [5, 5.41) is 6.23. The van der Waals surface area contributed by atoms with Crippen molar-refractivity contribution in [3.63, 3.8) is 0 Å². The molecule has 0 aliphatic carbocycles. The summed E-state index contributed by atoms with van der Waals surface area (Å²) in [6.45, 7) is 0. The van der Waals surface area contributed by atoms with Crippen LogP contribution < -0.4 is 16.0 Å². The molecule has 2 aromatic carbocycles. The van der Waals surface area contributed by atoms with Crippen LogP contribution in [-0.4, -0.2) is 33.0 Å². The Morgan fingerprint density at radius 1 is 1.12 bits per heavy atom. The third kappa shape index (κ3) is 4.23. The number of hydrogen-bond donors (Lipinski definition) is 2. The Morgan fingerprint density at radius 3 is 2.79 bits per heavy atom. The summed E-state index contributed by atoms with van der Waals surface area (Å²) in [5.41, 5.74) is 1.79. The number of thioether (sulfide) groups is 1. The zero-order valence-electron chi connectivity index (χ0n) is 17.9. The highest BCUT2D eigenvalue weighted by molar-refractivity contribution is 7.98. The van der Waals surface area contributed by atoms with E-state index in [1.807, 2.05) is 30.3 Å². The van der Waals surface area contributed by atoms with Crippen molar-refractivity contribution in [2.75, 3.05) is 7.11 Å². The molecule has 0 bridgehead atoms. The smallest absolute Gasteiger partial charge is 0.350 e. The van der Waals surface area contributed by atoms with Crippen LogP contribution in [0.5, 0.6) is 5.75 Å². The van der Waals surface area contributed by atoms with Crippen LogP contribution in [0.15, 0.2) is 80.5 Å². The second-order valence-electron chi connectivity index (χ2n) is 7.38. The number of halogens is 1. The Bertz CT molecular complexity index is 1660. The number of ether oxygens (including phenoxy) is 1. The van der Waals surface area contributed by atoms with Gasteiger partial charge in [0.25, 0.3) is 0 Å². The molecule has 0 radical (unpaired) electrons. The molecule has 5 aromatic rings. The molecule has 2 N–H and O–H groups in total. The first-order chi connectivity index (χ1) is 16.5. The molecule has 3 heterocycles. The number of H-pyrrole nitrogens is 2. The number of nitrogens with one attached hydrogen (secondary N) is 2. The van der Waals surface area contributed by atoms with E-state index in [4.69, 9.17) is 16.3 Å². The molecule has 8 nitrogen and oxygen atoms in total. The minimum absolute atomic E-state index is 0.246. The van der Waals surface area contributed by atoms with Gasteiger partial charge in [-0.3, -0.25) is 4.79 Å². The molecule has 34 heavy (non-hydrogen) atoms. The van der Waals surface area contributed by atoms with E-state index < -0.39 is 11.2 Å². The van der Waals surface area contributed by atoms with Crippen molar-refractivity contribution in [2.45, 2.75) is 10.8 Å². The van der Waals surface area contributed by atoms with Gasteiger partial charge < -0.3 is 14.7 Å². The molecule has 0 amide bonds. The summed E-state index contributed by atoms with van der Waals surface area (Å²) in [5.74, 6) is 1.36. The van der Waals surface area contributed by atoms with Gasteiger partial charge in [0.15, 0.2) is 0 Å². The number of pyridine rings is 1. The van der Waals surface area contributed by atoms with Crippen LogP contribution in [0.3, 0.4) is 0 Å². The first-order valence-corrected chi connectivity index (χ1v) is 11.6. The normalized spacial score (nSPS) is 11.6. The molecule has 0 spiro atoms. The van der Waals surface area contributed by atoms with Gasteiger partial charge in [0, 0.05) is 33.4 Å². The second kappa shape index (κ2) is 9.20. The summed E-state index contributed by atoms with van der Waals surface area (Å²) in [6.07, 6.45) is 3.22. The van der Waals surface area contributed by atoms with Crippen molar-refractivity contribution in [2.24, 2.45) is 5.10 Å². The van der Waals surface area contributed by atoms with E-state index in [1.165, 1.54) is 6.21 Å². The summed E-state index contributed by atoms with van der Waals surface area (Å²) in [6, 6.07) is 16.4. The fourth-order valence-corrected chi connectivity index (χ4v) is 4.63. The van der Waals surface area contributed by atoms with Gasteiger partial charge in [0.2, 0.25) is 0 Å². The molecule has 3 aromatic heterocycles. The number of fused-ring (bicyclic) bond motifs is 3. The van der Waals surface area contributed by atoms with Gasteiger partial charge in [-0.15, -0.1) is 16.4 Å². The van der Waals surface area contributed by atoms with Gasteiger partial charge in [-0.05, 0) is 54.1 Å². The maximum Gasteiger partial charge on any atom is 0.350 e. The summed E-state index contributed by atoms with van der Waals surface area (Å²) in [4.78, 5) is 35.7. The fraction of sp³-hybridized carbons (Fsp3) is 0.0833. The fourth-order valence-electron chi connectivity index (χ4n) is 3.62. The monoisotopic (exact) mass is 491 g/mol. The van der Waals surface area contributed by atoms with Crippen molar-refractivity contribution < 1.29 is 4.74 Å². The van der Waals surface area contributed by atoms with Gasteiger partial charge in [0.1, 0.15) is 11.3 Å². The first-order valence-electron chi connectivity index (χ1n) is 10.2. The lowest BCUT2D eigenvalue weighted by molar-refractivity contribution is 0.411. The summed E-state index contributed by atoms with van der Waals surface area (Å²) >= 11 is 7.65. The van der Waals surface area contributed by atoms with Gasteiger partial charge >= 0.3 is 11.2 Å². The average molecular weight is 492 g/mol. The molecule has 0 fully saturated rings. The van der Waals surface area contributed by atoms with E-state index in [2.05, 4.69) is 20.1 Å². The van der Waals surface area contributed by atoms with Crippen LogP contribution in [-0.2, 0) is 5.75 Å². The predicted octanol–water partition coefficient (Wildman–Crippen LogP) is 4.40. The van der Waals surface area contributed by atoms with Crippen molar-refractivity contribution >= 4 is 51.5 Å². The molecule has 0 aliphatic rings. The molecule has 0 unspecified atom stereocenters. The lowest BCUT2D eigenvalue weighted by Crippen LogP contribution is -2.32. The molecule has 0 saturated carbocycles. The van der Waals surface area contributed by atoms with Crippen molar-refractivity contribution in [1.82, 2.24) is 19.6 Å². The topological polar surface area (TPSA) is 105 Å². The predicted molar refractivity (Wildman–Crippen MR) is 135 cm³/mol. The molecule has 0 saturated heterocycles. The van der Waals surface area contributed by atoms with Gasteiger partial charge in [-0.25, -0.2) is 9.78 Å². The number of aromatic amines is 2. The van der Waals surface area contributed by atoms with Crippen LogP contribution in [0.1, 0.15) is 11.1 Å². The average Bonchev–Trinajstić information content (AvgIpc) is 3.21. The lowest BCUT2D eigenvalue weighted by Gasteiger charge is -2.09. The quantitative estimate of drug-likeness (QED) is 0.270.